The van der Waals surface area contributed by atoms with E-state index in [2.05, 4.69) is 43.4 Å². The molecule has 0 bridgehead atoms. The Bertz CT molecular complexity index is 2370. The minimum absolute atomic E-state index is 0.256. The van der Waals surface area contributed by atoms with Gasteiger partial charge in [0.2, 0.25) is 0 Å². The van der Waals surface area contributed by atoms with Crippen LogP contribution in [0, 0.1) is 6.92 Å². The third-order valence-electron chi connectivity index (χ3n) is 9.99. The Balaban J connectivity index is 0.929. The summed E-state index contributed by atoms with van der Waals surface area (Å²) in [5.74, 6) is 1.37. The fourth-order valence-electron chi connectivity index (χ4n) is 6.85. The Morgan fingerprint density at radius 2 is 1.08 bits per heavy atom. The highest BCUT2D eigenvalue weighted by atomic mass is 16.5. The molecule has 0 saturated carbocycles. The summed E-state index contributed by atoms with van der Waals surface area (Å²) in [7, 11) is 0. The molecule has 0 spiro atoms. The number of fused-ring (bicyclic) bond motifs is 2. The van der Waals surface area contributed by atoms with Crippen LogP contribution in [0.25, 0.3) is 11.1 Å². The lowest BCUT2D eigenvalue weighted by Crippen LogP contribution is -2.29. The van der Waals surface area contributed by atoms with Crippen LogP contribution in [-0.2, 0) is 5.41 Å². The van der Waals surface area contributed by atoms with Crippen molar-refractivity contribution in [3.8, 4) is 28.4 Å². The van der Waals surface area contributed by atoms with Crippen molar-refractivity contribution >= 4 is 23.6 Å². The van der Waals surface area contributed by atoms with Gasteiger partial charge in [-0.25, -0.2) is 4.90 Å². The molecule has 5 aromatic carbocycles. The molecule has 0 fully saturated rings. The lowest BCUT2D eigenvalue weighted by molar-refractivity contribution is 0.0696. The molecular weight excluding hydrogens is 652 g/mol. The van der Waals surface area contributed by atoms with Crippen LogP contribution in [0.2, 0.25) is 0 Å². The highest BCUT2D eigenvalue weighted by Gasteiger charge is 2.38. The van der Waals surface area contributed by atoms with Crippen molar-refractivity contribution in [2.45, 2.75) is 39.0 Å². The van der Waals surface area contributed by atoms with Gasteiger partial charge in [0.1, 0.15) is 23.0 Å². The first-order chi connectivity index (χ1) is 25.0. The number of nitrogens with zero attached hydrogens (tertiary/aromatic N) is 1. The molecule has 8 heteroatoms. The molecule has 3 aliphatic rings. The molecule has 0 unspecified atom stereocenters. The number of rotatable bonds is 8. The van der Waals surface area contributed by atoms with Gasteiger partial charge in [-0.3, -0.25) is 24.5 Å². The second kappa shape index (κ2) is 12.7. The molecule has 52 heavy (non-hydrogen) atoms. The predicted molar refractivity (Wildman–Crippen MR) is 196 cm³/mol. The highest BCUT2D eigenvalue weighted by Crippen LogP contribution is 2.37. The van der Waals surface area contributed by atoms with E-state index in [0.717, 1.165) is 28.4 Å². The SMILES string of the molecule is Cc1ccc(Oc2ccc(C(C)(C)c3ccc(OC4=CC=C(N5C(=O)c6ccc(-c7ccc8c(c7)C(=O)NC8=O)cc6C5=O)CC4)cc3)cc2)cc1. The van der Waals surface area contributed by atoms with Crippen LogP contribution in [0.3, 0.4) is 0 Å². The second-order valence-electron chi connectivity index (χ2n) is 13.7. The summed E-state index contributed by atoms with van der Waals surface area (Å²) in [5.41, 5.74) is 6.38. The van der Waals surface area contributed by atoms with Crippen LogP contribution in [0.1, 0.15) is 84.8 Å². The summed E-state index contributed by atoms with van der Waals surface area (Å²) in [5, 5.41) is 2.29. The summed E-state index contributed by atoms with van der Waals surface area (Å²) >= 11 is 0. The molecule has 0 radical (unpaired) electrons. The number of ether oxygens (including phenoxy) is 2. The van der Waals surface area contributed by atoms with Gasteiger partial charge in [0, 0.05) is 17.5 Å². The second-order valence-corrected chi connectivity index (χ2v) is 13.7. The van der Waals surface area contributed by atoms with Crippen LogP contribution in [-0.4, -0.2) is 28.5 Å². The molecule has 5 aromatic rings. The van der Waals surface area contributed by atoms with Crippen LogP contribution in [0.4, 0.5) is 0 Å². The Kier molecular flexibility index (Phi) is 7.95. The zero-order chi connectivity index (χ0) is 36.1. The fraction of sp³-hybridized carbons (Fsp3) is 0.136. The van der Waals surface area contributed by atoms with Crippen LogP contribution < -0.4 is 14.8 Å². The molecule has 2 aliphatic heterocycles. The first-order valence-corrected chi connectivity index (χ1v) is 17.1. The quantitative estimate of drug-likeness (QED) is 0.164. The van der Waals surface area contributed by atoms with E-state index >= 15 is 0 Å². The zero-order valence-electron chi connectivity index (χ0n) is 28.9. The van der Waals surface area contributed by atoms with Crippen LogP contribution in [0.15, 0.2) is 133 Å². The molecule has 0 aromatic heterocycles. The standard InChI is InChI=1S/C44H34N2O6/c1-26-4-14-32(15-5-26)51-33-16-8-29(9-17-33)44(2,3)30-10-18-34(19-11-30)52-35-20-12-31(13-21-35)46-42(49)37-23-7-28(25-39(37)43(46)50)27-6-22-36-38(24-27)41(48)45-40(36)47/h4-12,14-20,22-25H,13,21H2,1-3H3,(H,45,47,48). The average Bonchev–Trinajstić information content (AvgIpc) is 3.58. The molecule has 1 aliphatic carbocycles. The van der Waals surface area contributed by atoms with Crippen molar-refractivity contribution in [2.24, 2.45) is 0 Å². The lowest BCUT2D eigenvalue weighted by Gasteiger charge is -2.27. The number of carbonyl (C=O) groups excluding carboxylic acids is 4. The molecular formula is C44H34N2O6. The predicted octanol–water partition coefficient (Wildman–Crippen LogP) is 8.90. The zero-order valence-corrected chi connectivity index (χ0v) is 28.9. The van der Waals surface area contributed by atoms with E-state index in [0.29, 0.717) is 52.1 Å². The van der Waals surface area contributed by atoms with Crippen molar-refractivity contribution in [3.63, 3.8) is 0 Å². The minimum Gasteiger partial charge on any atom is -0.462 e. The summed E-state index contributed by atoms with van der Waals surface area (Å²) < 4.78 is 12.2. The number of carbonyl (C=O) groups is 4. The molecule has 0 atom stereocenters. The van der Waals surface area contributed by atoms with Crippen LogP contribution >= 0.6 is 0 Å². The fourth-order valence-corrected chi connectivity index (χ4v) is 6.85. The number of amides is 4. The van der Waals surface area contributed by atoms with Gasteiger partial charge < -0.3 is 9.47 Å². The number of nitrogens with one attached hydrogen (secondary N) is 1. The van der Waals surface area contributed by atoms with Gasteiger partial charge >= 0.3 is 0 Å². The number of hydrogen-bond donors (Lipinski definition) is 1. The van der Waals surface area contributed by atoms with Crippen molar-refractivity contribution in [1.29, 1.82) is 0 Å². The smallest absolute Gasteiger partial charge is 0.265 e. The third kappa shape index (κ3) is 5.88. The Hall–Kier alpha value is -6.54. The Labute approximate surface area is 301 Å². The molecule has 1 N–H and O–H groups in total. The van der Waals surface area contributed by atoms with Gasteiger partial charge in [-0.2, -0.15) is 0 Å². The van der Waals surface area contributed by atoms with Crippen molar-refractivity contribution in [2.75, 3.05) is 0 Å². The number of allylic oxidation sites excluding steroid dienone is 4. The number of hydrogen-bond acceptors (Lipinski definition) is 6. The van der Waals surface area contributed by atoms with Crippen molar-refractivity contribution in [3.05, 3.63) is 172 Å². The number of imide groups is 2. The molecule has 4 amide bonds. The van der Waals surface area contributed by atoms with Crippen LogP contribution in [0.5, 0.6) is 17.2 Å². The normalized spacial score (nSPS) is 15.2. The maximum Gasteiger partial charge on any atom is 0.265 e. The van der Waals surface area contributed by atoms with Crippen molar-refractivity contribution in [1.82, 2.24) is 10.2 Å². The topological polar surface area (TPSA) is 102 Å². The third-order valence-corrected chi connectivity index (χ3v) is 9.99. The van der Waals surface area contributed by atoms with Gasteiger partial charge in [-0.1, -0.05) is 67.9 Å². The first-order valence-electron chi connectivity index (χ1n) is 17.1. The molecule has 2 heterocycles. The van der Waals surface area contributed by atoms with E-state index in [1.54, 1.807) is 42.5 Å². The van der Waals surface area contributed by atoms with Gasteiger partial charge in [0.05, 0.1) is 22.3 Å². The monoisotopic (exact) mass is 686 g/mol. The maximum atomic E-state index is 13.6. The Morgan fingerprint density at radius 3 is 1.67 bits per heavy atom. The van der Waals surface area contributed by atoms with Gasteiger partial charge in [0.15, 0.2) is 0 Å². The number of benzene rings is 5. The summed E-state index contributed by atoms with van der Waals surface area (Å²) in [6, 6.07) is 34.2. The highest BCUT2D eigenvalue weighted by molar-refractivity contribution is 6.23. The first kappa shape index (κ1) is 32.7. The lowest BCUT2D eigenvalue weighted by atomic mass is 9.78. The summed E-state index contributed by atoms with van der Waals surface area (Å²) in [6.07, 6.45) is 4.54. The minimum atomic E-state index is -0.454. The molecule has 8 nitrogen and oxygen atoms in total. The van der Waals surface area contributed by atoms with Gasteiger partial charge in [0.25, 0.3) is 23.6 Å². The largest absolute Gasteiger partial charge is 0.462 e. The van der Waals surface area contributed by atoms with Crippen molar-refractivity contribution < 1.29 is 28.7 Å². The van der Waals surface area contributed by atoms with E-state index in [1.807, 2.05) is 61.5 Å². The Morgan fingerprint density at radius 1 is 0.558 bits per heavy atom. The van der Waals surface area contributed by atoms with E-state index in [1.165, 1.54) is 10.5 Å². The van der Waals surface area contributed by atoms with Gasteiger partial charge in [-0.05, 0) is 108 Å². The average molecular weight is 687 g/mol. The molecule has 0 saturated heterocycles. The van der Waals surface area contributed by atoms with E-state index in [9.17, 15) is 19.2 Å². The van der Waals surface area contributed by atoms with E-state index < -0.39 is 17.7 Å². The maximum absolute atomic E-state index is 13.6. The summed E-state index contributed by atoms with van der Waals surface area (Å²) in [6.45, 7) is 6.42. The summed E-state index contributed by atoms with van der Waals surface area (Å²) in [4.78, 5) is 52.3. The van der Waals surface area contributed by atoms with E-state index in [-0.39, 0.29) is 16.9 Å². The molecule has 8 rings (SSSR count). The van der Waals surface area contributed by atoms with Gasteiger partial charge in [-0.15, -0.1) is 0 Å². The number of aryl methyl sites for hydroxylation is 1. The molecule has 256 valence electrons. The van der Waals surface area contributed by atoms with E-state index in [4.69, 9.17) is 9.47 Å².